The van der Waals surface area contributed by atoms with Crippen LogP contribution in [0.25, 0.3) is 0 Å². The van der Waals surface area contributed by atoms with Crippen LogP contribution in [0.1, 0.15) is 18.7 Å². The fourth-order valence-electron chi connectivity index (χ4n) is 1.01. The quantitative estimate of drug-likeness (QED) is 0.596. The van der Waals surface area contributed by atoms with Crippen LogP contribution in [-0.2, 0) is 22.6 Å². The number of hydrogen-bond acceptors (Lipinski definition) is 5. The largest absolute Gasteiger partial charge is 0.481 e. The van der Waals surface area contributed by atoms with Gasteiger partial charge < -0.3 is 10.8 Å². The third-order valence-corrected chi connectivity index (χ3v) is 1.74. The summed E-state index contributed by atoms with van der Waals surface area (Å²) in [4.78, 5) is 20.8. The normalized spacial score (nSPS) is 10.1. The highest BCUT2D eigenvalue weighted by Gasteiger charge is 2.08. The average Bonchev–Trinajstić information content (AvgIpc) is 2.58. The smallest absolute Gasteiger partial charge is 0.303 e. The van der Waals surface area contributed by atoms with E-state index in [0.717, 1.165) is 0 Å². The Labute approximate surface area is 85.1 Å². The molecule has 0 bridgehead atoms. The van der Waals surface area contributed by atoms with E-state index in [1.54, 1.807) is 0 Å². The van der Waals surface area contributed by atoms with Gasteiger partial charge in [0.1, 0.15) is 0 Å². The van der Waals surface area contributed by atoms with Crippen molar-refractivity contribution >= 4 is 11.9 Å². The molecule has 1 amide bonds. The summed E-state index contributed by atoms with van der Waals surface area (Å²) in [5, 5.41) is 19.1. The second kappa shape index (κ2) is 5.03. The highest BCUT2D eigenvalue weighted by molar-refractivity contribution is 5.73. The molecule has 1 aromatic rings. The Morgan fingerprint density at radius 3 is 2.73 bits per heavy atom. The number of carboxylic acids is 1. The van der Waals surface area contributed by atoms with E-state index in [9.17, 15) is 9.59 Å². The minimum Gasteiger partial charge on any atom is -0.481 e. The molecule has 0 aliphatic carbocycles. The first-order valence-electron chi connectivity index (χ1n) is 4.34. The van der Waals surface area contributed by atoms with Gasteiger partial charge in [-0.05, 0) is 10.4 Å². The highest BCUT2D eigenvalue weighted by atomic mass is 16.4. The van der Waals surface area contributed by atoms with Crippen LogP contribution < -0.4 is 5.73 Å². The number of hydrogen-bond donors (Lipinski definition) is 2. The number of nitrogens with two attached hydrogens (primary N) is 1. The summed E-state index contributed by atoms with van der Waals surface area (Å²) >= 11 is 0. The van der Waals surface area contributed by atoms with Crippen LogP contribution >= 0.6 is 0 Å². The number of tetrazole rings is 1. The highest BCUT2D eigenvalue weighted by Crippen LogP contribution is 1.98. The number of primary amides is 1. The van der Waals surface area contributed by atoms with E-state index >= 15 is 0 Å². The van der Waals surface area contributed by atoms with E-state index < -0.39 is 11.9 Å². The molecule has 0 spiro atoms. The molecule has 15 heavy (non-hydrogen) atoms. The van der Waals surface area contributed by atoms with Crippen LogP contribution in [0.15, 0.2) is 0 Å². The fourth-order valence-corrected chi connectivity index (χ4v) is 1.01. The van der Waals surface area contributed by atoms with Gasteiger partial charge in [0.25, 0.3) is 0 Å². The van der Waals surface area contributed by atoms with Gasteiger partial charge in [0.05, 0.1) is 13.0 Å². The van der Waals surface area contributed by atoms with Crippen LogP contribution in [0.4, 0.5) is 0 Å². The second-order valence-corrected chi connectivity index (χ2v) is 2.93. The summed E-state index contributed by atoms with van der Waals surface area (Å²) in [5.41, 5.74) is 4.97. The summed E-state index contributed by atoms with van der Waals surface area (Å²) in [6.07, 6.45) is 0.323. The molecular weight excluding hydrogens is 202 g/mol. The van der Waals surface area contributed by atoms with Gasteiger partial charge in [0, 0.05) is 12.8 Å². The Bertz CT molecular complexity index is 329. The topological polar surface area (TPSA) is 124 Å². The molecule has 0 aliphatic heterocycles. The summed E-state index contributed by atoms with van der Waals surface area (Å²) in [6, 6.07) is 0. The van der Waals surface area contributed by atoms with Crippen LogP contribution in [0.3, 0.4) is 0 Å². The van der Waals surface area contributed by atoms with Crippen molar-refractivity contribution in [1.82, 2.24) is 20.2 Å². The molecule has 8 heteroatoms. The van der Waals surface area contributed by atoms with Gasteiger partial charge in [-0.25, -0.2) is 4.68 Å². The van der Waals surface area contributed by atoms with Crippen molar-refractivity contribution in [1.29, 1.82) is 0 Å². The Kier molecular flexibility index (Phi) is 3.72. The maximum atomic E-state index is 10.5. The lowest BCUT2D eigenvalue weighted by Crippen LogP contribution is -2.16. The number of carbonyl (C=O) groups is 2. The Balaban J connectivity index is 2.53. The first kappa shape index (κ1) is 11.1. The minimum atomic E-state index is -0.917. The van der Waals surface area contributed by atoms with Crippen LogP contribution in [-0.4, -0.2) is 37.2 Å². The van der Waals surface area contributed by atoms with Crippen molar-refractivity contribution in [3.05, 3.63) is 5.82 Å². The molecule has 0 aliphatic rings. The summed E-state index contributed by atoms with van der Waals surface area (Å²) in [7, 11) is 0. The number of rotatable bonds is 6. The number of aromatic nitrogens is 4. The number of amides is 1. The standard InChI is InChI=1S/C7H11N5O3/c8-5(13)3-4-12-6(9-10-11-12)1-2-7(14)15/h1-4H2,(H2,8,13)(H,14,15). The number of aryl methyl sites for hydroxylation is 2. The Morgan fingerprint density at radius 1 is 1.40 bits per heavy atom. The molecule has 0 unspecified atom stereocenters. The van der Waals surface area contributed by atoms with Gasteiger partial charge in [-0.15, -0.1) is 5.10 Å². The summed E-state index contributed by atoms with van der Waals surface area (Å²) in [6.45, 7) is 0.275. The molecule has 1 rings (SSSR count). The summed E-state index contributed by atoms with van der Waals surface area (Å²) < 4.78 is 1.38. The second-order valence-electron chi connectivity index (χ2n) is 2.93. The molecule has 1 heterocycles. The molecule has 3 N–H and O–H groups in total. The monoisotopic (exact) mass is 213 g/mol. The zero-order valence-corrected chi connectivity index (χ0v) is 7.96. The number of carboxylic acid groups (broad SMARTS) is 1. The molecule has 0 atom stereocenters. The Morgan fingerprint density at radius 2 is 2.13 bits per heavy atom. The van der Waals surface area contributed by atoms with Gasteiger partial charge in [-0.3, -0.25) is 9.59 Å². The van der Waals surface area contributed by atoms with Crippen molar-refractivity contribution in [3.63, 3.8) is 0 Å². The lowest BCUT2D eigenvalue weighted by molar-refractivity contribution is -0.137. The fraction of sp³-hybridized carbons (Fsp3) is 0.571. The molecule has 0 aromatic carbocycles. The average molecular weight is 213 g/mol. The zero-order chi connectivity index (χ0) is 11.3. The molecule has 1 aromatic heterocycles. The maximum absolute atomic E-state index is 10.5. The van der Waals surface area contributed by atoms with E-state index in [4.69, 9.17) is 10.8 Å². The third-order valence-electron chi connectivity index (χ3n) is 1.74. The van der Waals surface area contributed by atoms with Crippen LogP contribution in [0, 0.1) is 0 Å². The van der Waals surface area contributed by atoms with Crippen molar-refractivity contribution in [2.75, 3.05) is 0 Å². The van der Waals surface area contributed by atoms with Crippen LogP contribution in [0.5, 0.6) is 0 Å². The molecule has 82 valence electrons. The molecule has 0 radical (unpaired) electrons. The number of carbonyl (C=O) groups excluding carboxylic acids is 1. The van der Waals surface area contributed by atoms with Crippen molar-refractivity contribution in [2.24, 2.45) is 5.73 Å². The predicted octanol–water partition coefficient (Wildman–Crippen LogP) is -1.43. The van der Waals surface area contributed by atoms with Crippen LogP contribution in [0.2, 0.25) is 0 Å². The van der Waals surface area contributed by atoms with Gasteiger partial charge in [0.2, 0.25) is 5.91 Å². The number of aliphatic carboxylic acids is 1. The minimum absolute atomic E-state index is 0.0447. The SMILES string of the molecule is NC(=O)CCn1nnnc1CCC(=O)O. The van der Waals surface area contributed by atoms with E-state index in [1.165, 1.54) is 4.68 Å². The lowest BCUT2D eigenvalue weighted by Gasteiger charge is -2.00. The zero-order valence-electron chi connectivity index (χ0n) is 7.96. The van der Waals surface area contributed by atoms with E-state index in [-0.39, 0.29) is 25.8 Å². The molecule has 0 saturated heterocycles. The van der Waals surface area contributed by atoms with E-state index in [0.29, 0.717) is 5.82 Å². The Hall–Kier alpha value is -1.99. The summed E-state index contributed by atoms with van der Waals surface area (Å²) in [5.74, 6) is -0.923. The first-order chi connectivity index (χ1) is 7.09. The molecule has 8 nitrogen and oxygen atoms in total. The van der Waals surface area contributed by atoms with Crippen molar-refractivity contribution < 1.29 is 14.7 Å². The number of nitrogens with zero attached hydrogens (tertiary/aromatic N) is 4. The van der Waals surface area contributed by atoms with Gasteiger partial charge in [-0.1, -0.05) is 0 Å². The molecule has 0 saturated carbocycles. The van der Waals surface area contributed by atoms with Gasteiger partial charge in [0.15, 0.2) is 5.82 Å². The first-order valence-corrected chi connectivity index (χ1v) is 4.34. The van der Waals surface area contributed by atoms with Crippen molar-refractivity contribution in [3.8, 4) is 0 Å². The van der Waals surface area contributed by atoms with Crippen molar-refractivity contribution in [2.45, 2.75) is 25.8 Å². The predicted molar refractivity (Wildman–Crippen MR) is 47.6 cm³/mol. The maximum Gasteiger partial charge on any atom is 0.303 e. The molecule has 0 fully saturated rings. The lowest BCUT2D eigenvalue weighted by atomic mass is 10.3. The van der Waals surface area contributed by atoms with Gasteiger partial charge >= 0.3 is 5.97 Å². The van der Waals surface area contributed by atoms with Gasteiger partial charge in [-0.2, -0.15) is 0 Å². The van der Waals surface area contributed by atoms with E-state index in [2.05, 4.69) is 15.5 Å². The molecular formula is C7H11N5O3. The van der Waals surface area contributed by atoms with E-state index in [1.807, 2.05) is 0 Å². The third kappa shape index (κ3) is 3.71.